The third-order valence-corrected chi connectivity index (χ3v) is 2.30. The monoisotopic (exact) mass is 182 g/mol. The predicted octanol–water partition coefficient (Wildman–Crippen LogP) is 3.26. The summed E-state index contributed by atoms with van der Waals surface area (Å²) in [7, 11) is 0. The number of rotatable bonds is 4. The smallest absolute Gasteiger partial charge is 0.0666 e. The number of hydrogen-bond donors (Lipinski definition) is 0. The van der Waals surface area contributed by atoms with Gasteiger partial charge in [-0.3, -0.25) is 0 Å². The summed E-state index contributed by atoms with van der Waals surface area (Å²) in [6, 6.07) is 10.3. The Morgan fingerprint density at radius 1 is 1.25 bits per heavy atom. The van der Waals surface area contributed by atoms with Crippen LogP contribution < -0.4 is 0 Å². The van der Waals surface area contributed by atoms with Crippen molar-refractivity contribution in [1.29, 1.82) is 0 Å². The van der Waals surface area contributed by atoms with E-state index in [1.54, 1.807) is 0 Å². The fourth-order valence-electron chi connectivity index (χ4n) is 0.812. The molecule has 0 amide bonds. The maximum atomic E-state index is 5.36. The Kier molecular flexibility index (Phi) is 4.19. The van der Waals surface area contributed by atoms with Crippen molar-refractivity contribution in [2.45, 2.75) is 25.7 Å². The van der Waals surface area contributed by atoms with Crippen LogP contribution in [0.1, 0.15) is 19.4 Å². The van der Waals surface area contributed by atoms with Gasteiger partial charge in [0.25, 0.3) is 0 Å². The van der Waals surface area contributed by atoms with E-state index in [0.29, 0.717) is 6.10 Å². The van der Waals surface area contributed by atoms with E-state index in [1.165, 1.54) is 17.6 Å². The molecule has 0 atom stereocenters. The summed E-state index contributed by atoms with van der Waals surface area (Å²) in [5.41, 5.74) is 1.31. The standard InChI is InChI=1S/C10H14OS/c1-9(2)11-12-8-10-6-4-3-5-7-10/h3-7,9H,8H2,1-2H3. The average Bonchev–Trinajstić information content (AvgIpc) is 2.05. The van der Waals surface area contributed by atoms with Crippen molar-refractivity contribution in [3.63, 3.8) is 0 Å². The van der Waals surface area contributed by atoms with Gasteiger partial charge in [0, 0.05) is 5.75 Å². The molecule has 0 unspecified atom stereocenters. The zero-order valence-electron chi connectivity index (χ0n) is 7.49. The van der Waals surface area contributed by atoms with Crippen LogP contribution >= 0.6 is 12.0 Å². The van der Waals surface area contributed by atoms with Gasteiger partial charge in [0.15, 0.2) is 0 Å². The van der Waals surface area contributed by atoms with Crippen LogP contribution in [0.2, 0.25) is 0 Å². The van der Waals surface area contributed by atoms with Gasteiger partial charge in [-0.25, -0.2) is 0 Å². The Bertz CT molecular complexity index is 208. The predicted molar refractivity (Wildman–Crippen MR) is 54.0 cm³/mol. The molecule has 0 aliphatic heterocycles. The Morgan fingerprint density at radius 2 is 1.92 bits per heavy atom. The van der Waals surface area contributed by atoms with Crippen LogP contribution in [-0.4, -0.2) is 6.10 Å². The molecule has 0 saturated heterocycles. The van der Waals surface area contributed by atoms with Gasteiger partial charge in [-0.1, -0.05) is 30.3 Å². The Morgan fingerprint density at radius 3 is 2.50 bits per heavy atom. The molecular weight excluding hydrogens is 168 g/mol. The molecule has 0 radical (unpaired) electrons. The lowest BCUT2D eigenvalue weighted by Crippen LogP contribution is -1.94. The van der Waals surface area contributed by atoms with E-state index < -0.39 is 0 Å². The molecule has 2 heteroatoms. The van der Waals surface area contributed by atoms with Gasteiger partial charge in [0.1, 0.15) is 0 Å². The Labute approximate surface area is 78.3 Å². The van der Waals surface area contributed by atoms with E-state index in [9.17, 15) is 0 Å². The number of hydrogen-bond acceptors (Lipinski definition) is 2. The first-order valence-electron chi connectivity index (χ1n) is 4.11. The highest BCUT2D eigenvalue weighted by atomic mass is 32.2. The molecule has 0 heterocycles. The van der Waals surface area contributed by atoms with Crippen molar-refractivity contribution in [2.24, 2.45) is 0 Å². The van der Waals surface area contributed by atoms with Crippen LogP contribution in [0.15, 0.2) is 30.3 Å². The van der Waals surface area contributed by atoms with Crippen molar-refractivity contribution >= 4 is 12.0 Å². The van der Waals surface area contributed by atoms with Crippen molar-refractivity contribution in [3.05, 3.63) is 35.9 Å². The first kappa shape index (κ1) is 9.62. The van der Waals surface area contributed by atoms with Gasteiger partial charge in [0.05, 0.1) is 6.10 Å². The molecule has 0 N–H and O–H groups in total. The Balaban J connectivity index is 2.25. The van der Waals surface area contributed by atoms with Crippen LogP contribution in [0, 0.1) is 0 Å². The minimum atomic E-state index is 0.304. The van der Waals surface area contributed by atoms with E-state index in [4.69, 9.17) is 4.18 Å². The van der Waals surface area contributed by atoms with E-state index in [2.05, 4.69) is 12.1 Å². The summed E-state index contributed by atoms with van der Waals surface area (Å²) in [5, 5.41) is 0. The molecule has 0 spiro atoms. The molecular formula is C10H14OS. The maximum absolute atomic E-state index is 5.36. The normalized spacial score (nSPS) is 10.6. The molecule has 1 nitrogen and oxygen atoms in total. The van der Waals surface area contributed by atoms with Crippen LogP contribution in [0.25, 0.3) is 0 Å². The van der Waals surface area contributed by atoms with E-state index in [1.807, 2.05) is 32.0 Å². The summed E-state index contributed by atoms with van der Waals surface area (Å²) in [6.07, 6.45) is 0.304. The molecule has 0 saturated carbocycles. The summed E-state index contributed by atoms with van der Waals surface area (Å²) >= 11 is 1.51. The highest BCUT2D eigenvalue weighted by Crippen LogP contribution is 2.14. The first-order chi connectivity index (χ1) is 5.79. The first-order valence-corrected chi connectivity index (χ1v) is 5.02. The second-order valence-corrected chi connectivity index (χ2v) is 3.61. The van der Waals surface area contributed by atoms with Gasteiger partial charge in [-0.05, 0) is 31.5 Å². The molecule has 0 aliphatic carbocycles. The molecule has 66 valence electrons. The Hall–Kier alpha value is -0.470. The van der Waals surface area contributed by atoms with Gasteiger partial charge < -0.3 is 4.18 Å². The topological polar surface area (TPSA) is 9.23 Å². The minimum absolute atomic E-state index is 0.304. The summed E-state index contributed by atoms with van der Waals surface area (Å²) in [6.45, 7) is 4.08. The van der Waals surface area contributed by atoms with Crippen molar-refractivity contribution in [2.75, 3.05) is 0 Å². The lowest BCUT2D eigenvalue weighted by molar-refractivity contribution is 0.289. The van der Waals surface area contributed by atoms with Crippen molar-refractivity contribution in [3.8, 4) is 0 Å². The van der Waals surface area contributed by atoms with Crippen molar-refractivity contribution in [1.82, 2.24) is 0 Å². The molecule has 1 aromatic carbocycles. The summed E-state index contributed by atoms with van der Waals surface area (Å²) in [4.78, 5) is 0. The largest absolute Gasteiger partial charge is 0.312 e. The molecule has 0 aliphatic rings. The lowest BCUT2D eigenvalue weighted by Gasteiger charge is -2.04. The fourth-order valence-corrected chi connectivity index (χ4v) is 1.48. The lowest BCUT2D eigenvalue weighted by atomic mass is 10.2. The third-order valence-electron chi connectivity index (χ3n) is 1.33. The zero-order valence-corrected chi connectivity index (χ0v) is 8.30. The van der Waals surface area contributed by atoms with E-state index in [-0.39, 0.29) is 0 Å². The van der Waals surface area contributed by atoms with Crippen LogP contribution in [0.4, 0.5) is 0 Å². The van der Waals surface area contributed by atoms with Crippen LogP contribution in [0.3, 0.4) is 0 Å². The van der Waals surface area contributed by atoms with Gasteiger partial charge in [0.2, 0.25) is 0 Å². The summed E-state index contributed by atoms with van der Waals surface area (Å²) in [5.74, 6) is 0.930. The second-order valence-electron chi connectivity index (χ2n) is 2.89. The molecule has 1 rings (SSSR count). The van der Waals surface area contributed by atoms with E-state index in [0.717, 1.165) is 5.75 Å². The van der Waals surface area contributed by atoms with Gasteiger partial charge >= 0.3 is 0 Å². The number of benzene rings is 1. The quantitative estimate of drug-likeness (QED) is 0.661. The molecule has 0 aromatic heterocycles. The molecule has 12 heavy (non-hydrogen) atoms. The van der Waals surface area contributed by atoms with Gasteiger partial charge in [-0.2, -0.15) is 0 Å². The zero-order chi connectivity index (χ0) is 8.81. The van der Waals surface area contributed by atoms with Crippen LogP contribution in [-0.2, 0) is 9.94 Å². The molecule has 1 aromatic rings. The van der Waals surface area contributed by atoms with Crippen molar-refractivity contribution < 1.29 is 4.18 Å². The fraction of sp³-hybridized carbons (Fsp3) is 0.400. The maximum Gasteiger partial charge on any atom is 0.0666 e. The third kappa shape index (κ3) is 3.79. The molecule has 0 bridgehead atoms. The minimum Gasteiger partial charge on any atom is -0.312 e. The van der Waals surface area contributed by atoms with Gasteiger partial charge in [-0.15, -0.1) is 0 Å². The average molecular weight is 182 g/mol. The van der Waals surface area contributed by atoms with Crippen LogP contribution in [0.5, 0.6) is 0 Å². The second kappa shape index (κ2) is 5.22. The highest BCUT2D eigenvalue weighted by molar-refractivity contribution is 7.93. The summed E-state index contributed by atoms with van der Waals surface area (Å²) < 4.78 is 5.36. The highest BCUT2D eigenvalue weighted by Gasteiger charge is 1.95. The molecule has 0 fully saturated rings. The SMILES string of the molecule is CC(C)OSCc1ccccc1. The van der Waals surface area contributed by atoms with E-state index >= 15 is 0 Å².